The Bertz CT molecular complexity index is 358. The van der Waals surface area contributed by atoms with Crippen molar-refractivity contribution in [1.29, 1.82) is 0 Å². The Morgan fingerprint density at radius 2 is 1.79 bits per heavy atom. The Balaban J connectivity index is 2.48. The summed E-state index contributed by atoms with van der Waals surface area (Å²) in [5.74, 6) is 0.193. The number of hydrogen-bond donors (Lipinski definition) is 1. The molecule has 108 valence electrons. The van der Waals surface area contributed by atoms with Gasteiger partial charge >= 0.3 is 6.61 Å². The van der Waals surface area contributed by atoms with Crippen LogP contribution in [0, 0.1) is 0 Å². The molecule has 2 nitrogen and oxygen atoms in total. The fraction of sp³-hybridized carbons (Fsp3) is 0.600. The summed E-state index contributed by atoms with van der Waals surface area (Å²) in [5, 5.41) is 0. The van der Waals surface area contributed by atoms with Crippen molar-refractivity contribution in [3.8, 4) is 5.75 Å². The monoisotopic (exact) mass is 271 g/mol. The highest BCUT2D eigenvalue weighted by atomic mass is 19.3. The molecule has 0 saturated carbocycles. The number of para-hydroxylation sites is 1. The Kier molecular flexibility index (Phi) is 7.41. The maximum absolute atomic E-state index is 12.3. The van der Waals surface area contributed by atoms with Gasteiger partial charge in [0.2, 0.25) is 0 Å². The first-order valence-electron chi connectivity index (χ1n) is 6.94. The Labute approximate surface area is 114 Å². The summed E-state index contributed by atoms with van der Waals surface area (Å²) in [4.78, 5) is 0. The van der Waals surface area contributed by atoms with E-state index in [0.29, 0.717) is 5.56 Å². The fourth-order valence-electron chi connectivity index (χ4n) is 2.11. The summed E-state index contributed by atoms with van der Waals surface area (Å²) in [5.41, 5.74) is 6.73. The molecule has 0 aromatic heterocycles. The van der Waals surface area contributed by atoms with E-state index in [1.807, 2.05) is 0 Å². The van der Waals surface area contributed by atoms with E-state index in [0.717, 1.165) is 19.3 Å². The smallest absolute Gasteiger partial charge is 0.387 e. The Morgan fingerprint density at radius 1 is 1.11 bits per heavy atom. The standard InChI is InChI=1S/C15H23F2NO/c1-2-3-4-5-6-10-13(18)12-9-7-8-11-14(12)19-15(16)17/h7-9,11,13,15H,2-6,10,18H2,1H3. The molecule has 0 heterocycles. The van der Waals surface area contributed by atoms with Crippen LogP contribution in [0.5, 0.6) is 5.75 Å². The molecule has 0 saturated heterocycles. The van der Waals surface area contributed by atoms with Crippen molar-refractivity contribution in [1.82, 2.24) is 0 Å². The van der Waals surface area contributed by atoms with E-state index >= 15 is 0 Å². The van der Waals surface area contributed by atoms with E-state index in [2.05, 4.69) is 11.7 Å². The summed E-state index contributed by atoms with van der Waals surface area (Å²) in [6.07, 6.45) is 6.60. The zero-order valence-corrected chi connectivity index (χ0v) is 11.4. The van der Waals surface area contributed by atoms with Crippen molar-refractivity contribution in [2.75, 3.05) is 0 Å². The fourth-order valence-corrected chi connectivity index (χ4v) is 2.11. The van der Waals surface area contributed by atoms with Gasteiger partial charge in [0, 0.05) is 11.6 Å². The first-order chi connectivity index (χ1) is 9.15. The summed E-state index contributed by atoms with van der Waals surface area (Å²) >= 11 is 0. The van der Waals surface area contributed by atoms with Crippen LogP contribution >= 0.6 is 0 Å². The summed E-state index contributed by atoms with van der Waals surface area (Å²) in [6, 6.07) is 6.53. The topological polar surface area (TPSA) is 35.2 Å². The first kappa shape index (κ1) is 15.9. The second-order valence-electron chi connectivity index (χ2n) is 4.73. The molecule has 0 aliphatic heterocycles. The third kappa shape index (κ3) is 6.01. The molecule has 19 heavy (non-hydrogen) atoms. The third-order valence-electron chi connectivity index (χ3n) is 3.15. The van der Waals surface area contributed by atoms with E-state index < -0.39 is 6.61 Å². The number of hydrogen-bond acceptors (Lipinski definition) is 2. The second kappa shape index (κ2) is 8.86. The zero-order chi connectivity index (χ0) is 14.1. The van der Waals surface area contributed by atoms with Crippen LogP contribution in [0.4, 0.5) is 8.78 Å². The van der Waals surface area contributed by atoms with Crippen LogP contribution in [-0.2, 0) is 0 Å². The predicted molar refractivity (Wildman–Crippen MR) is 73.4 cm³/mol. The number of ether oxygens (including phenoxy) is 1. The molecule has 4 heteroatoms. The third-order valence-corrected chi connectivity index (χ3v) is 3.15. The minimum Gasteiger partial charge on any atom is -0.434 e. The van der Waals surface area contributed by atoms with Gasteiger partial charge in [0.05, 0.1) is 0 Å². The second-order valence-corrected chi connectivity index (χ2v) is 4.73. The highest BCUT2D eigenvalue weighted by molar-refractivity contribution is 5.35. The van der Waals surface area contributed by atoms with Gasteiger partial charge in [0.1, 0.15) is 5.75 Å². The molecule has 0 amide bonds. The Morgan fingerprint density at radius 3 is 2.47 bits per heavy atom. The Hall–Kier alpha value is -1.16. The van der Waals surface area contributed by atoms with Crippen molar-refractivity contribution < 1.29 is 13.5 Å². The van der Waals surface area contributed by atoms with Crippen molar-refractivity contribution in [3.05, 3.63) is 29.8 Å². The van der Waals surface area contributed by atoms with Crippen molar-refractivity contribution >= 4 is 0 Å². The molecule has 0 radical (unpaired) electrons. The molecule has 0 aliphatic rings. The van der Waals surface area contributed by atoms with Gasteiger partial charge in [-0.15, -0.1) is 0 Å². The average Bonchev–Trinajstić information content (AvgIpc) is 2.38. The van der Waals surface area contributed by atoms with Gasteiger partial charge in [-0.3, -0.25) is 0 Å². The maximum Gasteiger partial charge on any atom is 0.387 e. The van der Waals surface area contributed by atoms with Crippen LogP contribution in [0.3, 0.4) is 0 Å². The van der Waals surface area contributed by atoms with Crippen LogP contribution in [0.15, 0.2) is 24.3 Å². The SMILES string of the molecule is CCCCCCCC(N)c1ccccc1OC(F)F. The van der Waals surface area contributed by atoms with Crippen LogP contribution in [0.2, 0.25) is 0 Å². The lowest BCUT2D eigenvalue weighted by Crippen LogP contribution is -2.13. The van der Waals surface area contributed by atoms with E-state index in [-0.39, 0.29) is 11.8 Å². The lowest BCUT2D eigenvalue weighted by Gasteiger charge is -2.16. The van der Waals surface area contributed by atoms with Gasteiger partial charge in [-0.1, -0.05) is 57.2 Å². The molecule has 1 aromatic carbocycles. The molecular weight excluding hydrogens is 248 g/mol. The number of rotatable bonds is 9. The zero-order valence-electron chi connectivity index (χ0n) is 11.4. The van der Waals surface area contributed by atoms with Gasteiger partial charge in [-0.2, -0.15) is 8.78 Å². The quantitative estimate of drug-likeness (QED) is 0.664. The molecule has 1 rings (SSSR count). The van der Waals surface area contributed by atoms with Crippen LogP contribution in [-0.4, -0.2) is 6.61 Å². The largest absolute Gasteiger partial charge is 0.434 e. The summed E-state index contributed by atoms with van der Waals surface area (Å²) in [7, 11) is 0. The molecule has 0 bridgehead atoms. The van der Waals surface area contributed by atoms with E-state index in [1.54, 1.807) is 24.3 Å². The molecule has 1 unspecified atom stereocenters. The van der Waals surface area contributed by atoms with Crippen molar-refractivity contribution in [2.45, 2.75) is 58.1 Å². The highest BCUT2D eigenvalue weighted by Crippen LogP contribution is 2.28. The average molecular weight is 271 g/mol. The number of halogens is 2. The van der Waals surface area contributed by atoms with E-state index in [1.165, 1.54) is 19.3 Å². The summed E-state index contributed by atoms with van der Waals surface area (Å²) in [6.45, 7) is -0.637. The first-order valence-corrected chi connectivity index (χ1v) is 6.94. The molecule has 1 atom stereocenters. The van der Waals surface area contributed by atoms with Gasteiger partial charge < -0.3 is 10.5 Å². The highest BCUT2D eigenvalue weighted by Gasteiger charge is 2.14. The number of unbranched alkanes of at least 4 members (excludes halogenated alkanes) is 4. The van der Waals surface area contributed by atoms with Crippen molar-refractivity contribution in [2.24, 2.45) is 5.73 Å². The predicted octanol–water partition coefficient (Wildman–Crippen LogP) is 4.65. The van der Waals surface area contributed by atoms with Crippen LogP contribution in [0.1, 0.15) is 57.1 Å². The van der Waals surface area contributed by atoms with Crippen LogP contribution < -0.4 is 10.5 Å². The molecule has 0 aliphatic carbocycles. The molecule has 2 N–H and O–H groups in total. The van der Waals surface area contributed by atoms with E-state index in [4.69, 9.17) is 5.73 Å². The number of alkyl halides is 2. The van der Waals surface area contributed by atoms with Crippen LogP contribution in [0.25, 0.3) is 0 Å². The molecular formula is C15H23F2NO. The molecule has 0 spiro atoms. The number of benzene rings is 1. The minimum absolute atomic E-state index is 0.193. The minimum atomic E-state index is -2.81. The lowest BCUT2D eigenvalue weighted by molar-refractivity contribution is -0.0506. The summed E-state index contributed by atoms with van der Waals surface area (Å²) < 4.78 is 29.1. The normalized spacial score (nSPS) is 12.7. The molecule has 1 aromatic rings. The van der Waals surface area contributed by atoms with Crippen molar-refractivity contribution in [3.63, 3.8) is 0 Å². The maximum atomic E-state index is 12.3. The van der Waals surface area contributed by atoms with Gasteiger partial charge in [-0.05, 0) is 12.5 Å². The van der Waals surface area contributed by atoms with Gasteiger partial charge in [0.15, 0.2) is 0 Å². The van der Waals surface area contributed by atoms with E-state index in [9.17, 15) is 8.78 Å². The van der Waals surface area contributed by atoms with Gasteiger partial charge in [-0.25, -0.2) is 0 Å². The number of nitrogens with two attached hydrogens (primary N) is 1. The lowest BCUT2D eigenvalue weighted by atomic mass is 10.00. The molecule has 0 fully saturated rings. The van der Waals surface area contributed by atoms with Gasteiger partial charge in [0.25, 0.3) is 0 Å².